The zero-order valence-corrected chi connectivity index (χ0v) is 24.2. The smallest absolute Gasteiger partial charge is 0.256 e. The lowest BCUT2D eigenvalue weighted by atomic mass is 10.0. The van der Waals surface area contributed by atoms with E-state index in [4.69, 9.17) is 14.5 Å². The van der Waals surface area contributed by atoms with Crippen LogP contribution in [0.2, 0.25) is 0 Å². The van der Waals surface area contributed by atoms with Gasteiger partial charge in [-0.2, -0.15) is 0 Å². The van der Waals surface area contributed by atoms with E-state index in [1.165, 1.54) is 16.0 Å². The summed E-state index contributed by atoms with van der Waals surface area (Å²) in [6, 6.07) is 24.1. The number of nitrogens with one attached hydrogen (secondary N) is 1. The van der Waals surface area contributed by atoms with Gasteiger partial charge in [0.05, 0.1) is 23.4 Å². The Bertz CT molecular complexity index is 1610. The highest BCUT2D eigenvalue weighted by atomic mass is 32.1. The molecule has 5 aromatic rings. The molecule has 0 saturated carbocycles. The van der Waals surface area contributed by atoms with Crippen LogP contribution in [0, 0.1) is 0 Å². The van der Waals surface area contributed by atoms with Crippen LogP contribution < -0.4 is 14.8 Å². The molecule has 0 atom stereocenters. The van der Waals surface area contributed by atoms with Gasteiger partial charge in [-0.15, -0.1) is 22.7 Å². The number of hydrogen-bond donors (Lipinski definition) is 1. The van der Waals surface area contributed by atoms with E-state index in [0.29, 0.717) is 30.3 Å². The Labute approximate surface area is 242 Å². The number of amides is 1. The average Bonchev–Trinajstić information content (AvgIpc) is 3.55. The fourth-order valence-corrected chi connectivity index (χ4v) is 7.49. The van der Waals surface area contributed by atoms with Gasteiger partial charge < -0.3 is 14.8 Å². The number of hydrogen-bond acceptors (Lipinski definition) is 7. The number of benzene rings is 3. The summed E-state index contributed by atoms with van der Waals surface area (Å²) in [5.41, 5.74) is 5.17. The molecule has 1 aliphatic rings. The molecule has 6 nitrogen and oxygen atoms in total. The molecule has 204 valence electrons. The zero-order chi connectivity index (χ0) is 27.5. The van der Waals surface area contributed by atoms with E-state index in [9.17, 15) is 4.79 Å². The number of carbonyl (C=O) groups is 1. The quantitative estimate of drug-likeness (QED) is 0.198. The highest BCUT2D eigenvalue weighted by Crippen LogP contribution is 2.46. The number of thiazole rings is 1. The second kappa shape index (κ2) is 11.8. The molecule has 1 N–H and O–H groups in total. The molecule has 0 radical (unpaired) electrons. The molecule has 0 aliphatic carbocycles. The van der Waals surface area contributed by atoms with Crippen LogP contribution in [-0.4, -0.2) is 35.5 Å². The van der Waals surface area contributed by atoms with E-state index in [-0.39, 0.29) is 5.91 Å². The Morgan fingerprint density at radius 2 is 1.73 bits per heavy atom. The third-order valence-corrected chi connectivity index (χ3v) is 9.11. The Kier molecular flexibility index (Phi) is 7.82. The van der Waals surface area contributed by atoms with Crippen LogP contribution in [0.4, 0.5) is 5.00 Å². The van der Waals surface area contributed by atoms with Gasteiger partial charge in [0.25, 0.3) is 5.91 Å². The highest BCUT2D eigenvalue weighted by molar-refractivity contribution is 7.23. The van der Waals surface area contributed by atoms with E-state index in [1.54, 1.807) is 40.9 Å². The van der Waals surface area contributed by atoms with Gasteiger partial charge in [-0.25, -0.2) is 4.98 Å². The highest BCUT2D eigenvalue weighted by Gasteiger charge is 2.28. The molecular formula is C32H31N3O3S2. The molecule has 1 aliphatic heterocycles. The van der Waals surface area contributed by atoms with Gasteiger partial charge in [0.1, 0.15) is 10.0 Å². The number of fused-ring (bicyclic) bond motifs is 2. The van der Waals surface area contributed by atoms with Gasteiger partial charge in [-0.05, 0) is 61.7 Å². The van der Waals surface area contributed by atoms with E-state index < -0.39 is 0 Å². The minimum absolute atomic E-state index is 0.175. The molecule has 1 amide bonds. The lowest BCUT2D eigenvalue weighted by Gasteiger charge is -2.27. The van der Waals surface area contributed by atoms with Gasteiger partial charge in [0.2, 0.25) is 0 Å². The molecule has 0 unspecified atom stereocenters. The third-order valence-electron chi connectivity index (χ3n) is 6.93. The van der Waals surface area contributed by atoms with E-state index in [1.807, 2.05) is 32.0 Å². The summed E-state index contributed by atoms with van der Waals surface area (Å²) in [5, 5.41) is 5.04. The molecule has 6 rings (SSSR count). The number of aromatic nitrogens is 1. The summed E-state index contributed by atoms with van der Waals surface area (Å²) < 4.78 is 12.6. The Morgan fingerprint density at radius 3 is 2.52 bits per heavy atom. The molecular weight excluding hydrogens is 539 g/mol. The van der Waals surface area contributed by atoms with Gasteiger partial charge in [-0.1, -0.05) is 42.5 Å². The van der Waals surface area contributed by atoms with Crippen LogP contribution in [0.15, 0.2) is 72.8 Å². The van der Waals surface area contributed by atoms with Crippen LogP contribution in [-0.2, 0) is 19.5 Å². The molecule has 2 aromatic heterocycles. The molecule has 0 bridgehead atoms. The summed E-state index contributed by atoms with van der Waals surface area (Å²) >= 11 is 3.35. The van der Waals surface area contributed by atoms with Crippen molar-refractivity contribution in [1.82, 2.24) is 9.88 Å². The Hall–Kier alpha value is -3.72. The van der Waals surface area contributed by atoms with Crippen molar-refractivity contribution in [2.45, 2.75) is 33.4 Å². The van der Waals surface area contributed by atoms with Crippen molar-refractivity contribution in [2.75, 3.05) is 25.1 Å². The molecule has 0 fully saturated rings. The van der Waals surface area contributed by atoms with Crippen molar-refractivity contribution in [1.29, 1.82) is 0 Å². The first-order valence-electron chi connectivity index (χ1n) is 13.6. The summed E-state index contributed by atoms with van der Waals surface area (Å²) in [4.78, 5) is 22.3. The van der Waals surface area contributed by atoms with E-state index in [2.05, 4.69) is 46.6 Å². The van der Waals surface area contributed by atoms with Gasteiger partial charge in [0, 0.05) is 35.6 Å². The number of carbonyl (C=O) groups excluding carboxylic acids is 1. The first kappa shape index (κ1) is 26.5. The maximum absolute atomic E-state index is 13.6. The first-order valence-corrected chi connectivity index (χ1v) is 15.2. The topological polar surface area (TPSA) is 63.7 Å². The van der Waals surface area contributed by atoms with Crippen molar-refractivity contribution in [2.24, 2.45) is 0 Å². The molecule has 3 heterocycles. The minimum Gasteiger partial charge on any atom is -0.490 e. The first-order chi connectivity index (χ1) is 19.6. The number of nitrogens with zero attached hydrogens (tertiary/aromatic N) is 2. The molecule has 0 spiro atoms. The number of thiophene rings is 1. The molecule has 8 heteroatoms. The monoisotopic (exact) mass is 569 g/mol. The lowest BCUT2D eigenvalue weighted by molar-refractivity contribution is 0.102. The average molecular weight is 570 g/mol. The molecule has 40 heavy (non-hydrogen) atoms. The fourth-order valence-electron chi connectivity index (χ4n) is 5.09. The second-order valence-electron chi connectivity index (χ2n) is 9.62. The second-order valence-corrected chi connectivity index (χ2v) is 11.8. The van der Waals surface area contributed by atoms with Crippen molar-refractivity contribution in [3.63, 3.8) is 0 Å². The van der Waals surface area contributed by atoms with Gasteiger partial charge >= 0.3 is 0 Å². The SMILES string of the molecule is CCOc1ccc(C(=O)Nc2sc3c(c2-c2nc4ccccc4s2)CCN(Cc2ccccc2)C3)cc1OCC. The number of rotatable bonds is 9. The van der Waals surface area contributed by atoms with Crippen molar-refractivity contribution in [3.05, 3.63) is 94.4 Å². The predicted octanol–water partition coefficient (Wildman–Crippen LogP) is 7.63. The maximum atomic E-state index is 13.6. The van der Waals surface area contributed by atoms with Crippen LogP contribution in [0.25, 0.3) is 20.8 Å². The summed E-state index contributed by atoms with van der Waals surface area (Å²) in [5.74, 6) is 1.04. The molecule has 0 saturated heterocycles. The van der Waals surface area contributed by atoms with Gasteiger partial charge in [0.15, 0.2) is 11.5 Å². The normalized spacial score (nSPS) is 13.2. The summed E-state index contributed by atoms with van der Waals surface area (Å²) in [6.45, 7) is 7.58. The standard InChI is InChI=1S/C32H31N3O3S2/c1-3-37-25-15-14-22(18-26(25)38-4-2)30(36)34-32-29(31-33-24-12-8-9-13-27(24)39-31)23-16-17-35(20-28(23)40-32)19-21-10-6-5-7-11-21/h5-15,18H,3-4,16-17,19-20H2,1-2H3,(H,34,36). The third kappa shape index (κ3) is 5.47. The molecule has 3 aromatic carbocycles. The number of anilines is 1. The van der Waals surface area contributed by atoms with Crippen LogP contribution >= 0.6 is 22.7 Å². The zero-order valence-electron chi connectivity index (χ0n) is 22.6. The number of ether oxygens (including phenoxy) is 2. The van der Waals surface area contributed by atoms with Crippen molar-refractivity contribution in [3.8, 4) is 22.1 Å². The Morgan fingerprint density at radius 1 is 0.950 bits per heavy atom. The number of para-hydroxylation sites is 1. The van der Waals surface area contributed by atoms with Crippen molar-refractivity contribution >= 4 is 43.8 Å². The van der Waals surface area contributed by atoms with Crippen LogP contribution in [0.3, 0.4) is 0 Å². The lowest BCUT2D eigenvalue weighted by Crippen LogP contribution is -2.29. The Balaban J connectivity index is 1.34. The maximum Gasteiger partial charge on any atom is 0.256 e. The summed E-state index contributed by atoms with van der Waals surface area (Å²) in [6.07, 6.45) is 0.914. The predicted molar refractivity (Wildman–Crippen MR) is 164 cm³/mol. The summed E-state index contributed by atoms with van der Waals surface area (Å²) in [7, 11) is 0. The van der Waals surface area contributed by atoms with Crippen molar-refractivity contribution < 1.29 is 14.3 Å². The van der Waals surface area contributed by atoms with E-state index >= 15 is 0 Å². The van der Waals surface area contributed by atoms with Crippen LogP contribution in [0.1, 0.15) is 40.2 Å². The van der Waals surface area contributed by atoms with Crippen LogP contribution in [0.5, 0.6) is 11.5 Å². The largest absolute Gasteiger partial charge is 0.490 e. The van der Waals surface area contributed by atoms with E-state index in [0.717, 1.165) is 51.8 Å². The van der Waals surface area contributed by atoms with Gasteiger partial charge in [-0.3, -0.25) is 9.69 Å². The fraction of sp³-hybridized carbons (Fsp3) is 0.250. The minimum atomic E-state index is -0.175.